The molecular formula is C41H32N2. The summed E-state index contributed by atoms with van der Waals surface area (Å²) in [6.07, 6.45) is 10.5. The van der Waals surface area contributed by atoms with Gasteiger partial charge in [-0.05, 0) is 117 Å². The summed E-state index contributed by atoms with van der Waals surface area (Å²) in [5.41, 5.74) is 13.8. The molecule has 0 spiro atoms. The molecule has 2 heterocycles. The van der Waals surface area contributed by atoms with Crippen LogP contribution in [0.4, 0.5) is 0 Å². The Hall–Kier alpha value is -5.08. The first-order chi connectivity index (χ1) is 21.2. The molecule has 8 rings (SSSR count). The molecule has 0 unspecified atom stereocenters. The number of hydrogen-bond acceptors (Lipinski definition) is 2. The summed E-state index contributed by atoms with van der Waals surface area (Å²) in [7, 11) is 0. The first kappa shape index (κ1) is 25.6. The Morgan fingerprint density at radius 2 is 1.33 bits per heavy atom. The second kappa shape index (κ2) is 10.6. The van der Waals surface area contributed by atoms with Crippen molar-refractivity contribution in [1.29, 1.82) is 0 Å². The van der Waals surface area contributed by atoms with Crippen LogP contribution in [0.1, 0.15) is 41.6 Å². The van der Waals surface area contributed by atoms with Crippen LogP contribution in [-0.4, -0.2) is 10.7 Å². The number of hydrogen-bond donors (Lipinski definition) is 0. The van der Waals surface area contributed by atoms with Gasteiger partial charge in [0.1, 0.15) is 0 Å². The quantitative estimate of drug-likeness (QED) is 0.200. The predicted octanol–water partition coefficient (Wildman–Crippen LogP) is 10.6. The lowest BCUT2D eigenvalue weighted by molar-refractivity contribution is 0.942. The molecular weight excluding hydrogens is 520 g/mol. The summed E-state index contributed by atoms with van der Waals surface area (Å²) in [6, 6.07) is 39.7. The number of pyridine rings is 1. The van der Waals surface area contributed by atoms with E-state index in [4.69, 9.17) is 4.99 Å². The third-order valence-corrected chi connectivity index (χ3v) is 9.04. The van der Waals surface area contributed by atoms with Crippen LogP contribution in [0.25, 0.3) is 55.6 Å². The van der Waals surface area contributed by atoms with Gasteiger partial charge in [-0.2, -0.15) is 0 Å². The first-order valence-corrected chi connectivity index (χ1v) is 15.3. The van der Waals surface area contributed by atoms with Crippen molar-refractivity contribution in [2.24, 2.45) is 4.99 Å². The van der Waals surface area contributed by atoms with Gasteiger partial charge < -0.3 is 0 Å². The Balaban J connectivity index is 1.24. The van der Waals surface area contributed by atoms with Gasteiger partial charge in [-0.3, -0.25) is 9.98 Å². The smallest absolute Gasteiger partial charge is 0.0882 e. The van der Waals surface area contributed by atoms with Crippen LogP contribution in [-0.2, 0) is 6.42 Å². The molecule has 0 saturated heterocycles. The molecule has 0 amide bonds. The van der Waals surface area contributed by atoms with Crippen LogP contribution in [0.5, 0.6) is 0 Å². The van der Waals surface area contributed by atoms with E-state index in [9.17, 15) is 0 Å². The summed E-state index contributed by atoms with van der Waals surface area (Å²) in [6.45, 7) is 2.21. The molecule has 5 aromatic carbocycles. The number of aryl methyl sites for hydroxylation is 2. The molecule has 1 aliphatic carbocycles. The van der Waals surface area contributed by atoms with Crippen molar-refractivity contribution < 1.29 is 0 Å². The fourth-order valence-corrected chi connectivity index (χ4v) is 6.96. The number of nitrogens with zero attached hydrogens (tertiary/aromatic N) is 2. The summed E-state index contributed by atoms with van der Waals surface area (Å²) in [4.78, 5) is 9.60. The lowest BCUT2D eigenvalue weighted by atomic mass is 9.83. The Labute approximate surface area is 252 Å². The molecule has 0 N–H and O–H groups in total. The van der Waals surface area contributed by atoms with Crippen molar-refractivity contribution in [3.8, 4) is 22.3 Å². The van der Waals surface area contributed by atoms with Gasteiger partial charge in [0.05, 0.1) is 11.4 Å². The summed E-state index contributed by atoms with van der Waals surface area (Å²) in [5, 5.41) is 5.21. The van der Waals surface area contributed by atoms with E-state index in [0.717, 1.165) is 37.1 Å². The van der Waals surface area contributed by atoms with Gasteiger partial charge in [0.2, 0.25) is 0 Å². The van der Waals surface area contributed by atoms with E-state index in [2.05, 4.69) is 115 Å². The van der Waals surface area contributed by atoms with Gasteiger partial charge >= 0.3 is 0 Å². The second-order valence-electron chi connectivity index (χ2n) is 11.6. The summed E-state index contributed by atoms with van der Waals surface area (Å²) < 4.78 is 0. The number of aromatic nitrogens is 1. The molecule has 0 atom stereocenters. The average molecular weight is 553 g/mol. The zero-order valence-electron chi connectivity index (χ0n) is 24.3. The molecule has 1 aliphatic heterocycles. The normalized spacial score (nSPS) is 14.7. The molecule has 0 saturated carbocycles. The Kier molecular flexibility index (Phi) is 6.34. The van der Waals surface area contributed by atoms with E-state index in [-0.39, 0.29) is 0 Å². The number of benzene rings is 5. The van der Waals surface area contributed by atoms with Gasteiger partial charge in [-0.1, -0.05) is 103 Å². The number of aliphatic imine (C=N–C) groups is 1. The van der Waals surface area contributed by atoms with Gasteiger partial charge in [0.25, 0.3) is 0 Å². The van der Waals surface area contributed by atoms with Crippen LogP contribution >= 0.6 is 0 Å². The highest BCUT2D eigenvalue weighted by Gasteiger charge is 2.21. The number of fused-ring (bicyclic) bond motifs is 3. The van der Waals surface area contributed by atoms with Crippen molar-refractivity contribution in [2.45, 2.75) is 32.6 Å². The minimum absolute atomic E-state index is 0.953. The van der Waals surface area contributed by atoms with Crippen molar-refractivity contribution >= 4 is 39.0 Å². The Morgan fingerprint density at radius 3 is 2.05 bits per heavy atom. The van der Waals surface area contributed by atoms with Crippen molar-refractivity contribution in [3.05, 3.63) is 149 Å². The van der Waals surface area contributed by atoms with E-state index in [1.165, 1.54) is 71.8 Å². The zero-order valence-corrected chi connectivity index (χ0v) is 24.3. The van der Waals surface area contributed by atoms with Crippen LogP contribution < -0.4 is 0 Å². The molecule has 2 aliphatic rings. The summed E-state index contributed by atoms with van der Waals surface area (Å²) >= 11 is 0. The van der Waals surface area contributed by atoms with Gasteiger partial charge in [0.15, 0.2) is 0 Å². The van der Waals surface area contributed by atoms with Crippen LogP contribution in [0.15, 0.2) is 132 Å². The maximum Gasteiger partial charge on any atom is 0.0882 e. The number of allylic oxidation sites excluding steroid dienone is 2. The minimum atomic E-state index is 0.953. The van der Waals surface area contributed by atoms with Crippen LogP contribution in [0.3, 0.4) is 0 Å². The highest BCUT2D eigenvalue weighted by atomic mass is 14.8. The molecule has 2 nitrogen and oxygen atoms in total. The molecule has 206 valence electrons. The van der Waals surface area contributed by atoms with Crippen LogP contribution in [0.2, 0.25) is 0 Å². The van der Waals surface area contributed by atoms with Crippen LogP contribution in [0, 0.1) is 6.92 Å². The maximum atomic E-state index is 5.07. The molecule has 2 heteroatoms. The standard InChI is InChI=1S/C41H32N2/c1-27-11-2-3-12-32(27)41-35-15-6-4-13-33(35)40(34-14-5-7-16-36(34)41)31-23-21-28-25-30(22-20-29(28)26-31)37-18-10-19-39(43-37)38-17-8-9-24-42-38/h2-9,11-17,19,21,23-26H,10,18,20,22H2,1H3. The predicted molar refractivity (Wildman–Crippen MR) is 182 cm³/mol. The molecule has 0 fully saturated rings. The lowest BCUT2D eigenvalue weighted by Crippen LogP contribution is -2.11. The zero-order chi connectivity index (χ0) is 28.8. The maximum absolute atomic E-state index is 5.07. The highest BCUT2D eigenvalue weighted by molar-refractivity contribution is 6.21. The topological polar surface area (TPSA) is 25.2 Å². The highest BCUT2D eigenvalue weighted by Crippen LogP contribution is 2.45. The van der Waals surface area contributed by atoms with E-state index in [1.54, 1.807) is 0 Å². The van der Waals surface area contributed by atoms with E-state index >= 15 is 0 Å². The fourth-order valence-electron chi connectivity index (χ4n) is 6.96. The fraction of sp³-hybridized carbons (Fsp3) is 0.122. The molecule has 1 aromatic heterocycles. The lowest BCUT2D eigenvalue weighted by Gasteiger charge is -2.22. The van der Waals surface area contributed by atoms with Gasteiger partial charge in [0, 0.05) is 11.9 Å². The Bertz CT molecular complexity index is 2070. The van der Waals surface area contributed by atoms with Crippen molar-refractivity contribution in [2.75, 3.05) is 0 Å². The van der Waals surface area contributed by atoms with Crippen molar-refractivity contribution in [1.82, 2.24) is 4.98 Å². The monoisotopic (exact) mass is 552 g/mol. The van der Waals surface area contributed by atoms with E-state index in [1.807, 2.05) is 24.4 Å². The Morgan fingerprint density at radius 1 is 0.628 bits per heavy atom. The molecule has 0 radical (unpaired) electrons. The average Bonchev–Trinajstić information content (AvgIpc) is 3.07. The SMILES string of the molecule is Cc1ccccc1-c1c2ccccc2c(-c2ccc3c(c2)CCC(C2=NC(c4ccccn4)=CCC2)=C3)c2ccccc12. The van der Waals surface area contributed by atoms with Crippen molar-refractivity contribution in [3.63, 3.8) is 0 Å². The van der Waals surface area contributed by atoms with Gasteiger partial charge in [-0.15, -0.1) is 0 Å². The van der Waals surface area contributed by atoms with E-state index < -0.39 is 0 Å². The minimum Gasteiger partial charge on any atom is -0.255 e. The molecule has 43 heavy (non-hydrogen) atoms. The molecule has 6 aromatic rings. The summed E-state index contributed by atoms with van der Waals surface area (Å²) in [5.74, 6) is 0. The second-order valence-corrected chi connectivity index (χ2v) is 11.6. The third kappa shape index (κ3) is 4.51. The third-order valence-electron chi connectivity index (χ3n) is 9.04. The van der Waals surface area contributed by atoms with E-state index in [0.29, 0.717) is 0 Å². The largest absolute Gasteiger partial charge is 0.255 e. The molecule has 0 bridgehead atoms. The van der Waals surface area contributed by atoms with Gasteiger partial charge in [-0.25, -0.2) is 0 Å². The first-order valence-electron chi connectivity index (χ1n) is 15.3. The number of rotatable bonds is 4.